The van der Waals surface area contributed by atoms with Crippen LogP contribution in [0.1, 0.15) is 31.2 Å². The zero-order chi connectivity index (χ0) is 12.7. The highest BCUT2D eigenvalue weighted by molar-refractivity contribution is 5.76. The van der Waals surface area contributed by atoms with E-state index in [1.54, 1.807) is 0 Å². The summed E-state index contributed by atoms with van der Waals surface area (Å²) in [4.78, 5) is 13.4. The molecule has 1 atom stereocenters. The zero-order valence-corrected chi connectivity index (χ0v) is 10.6. The fourth-order valence-electron chi connectivity index (χ4n) is 1.84. The van der Waals surface area contributed by atoms with Crippen molar-refractivity contribution < 1.29 is 9.90 Å². The summed E-state index contributed by atoms with van der Waals surface area (Å²) >= 11 is 0. The molecule has 1 unspecified atom stereocenters. The molecule has 0 radical (unpaired) electrons. The van der Waals surface area contributed by atoms with Crippen molar-refractivity contribution in [1.29, 1.82) is 0 Å². The predicted octanol–water partition coefficient (Wildman–Crippen LogP) is 2.59. The molecule has 1 N–H and O–H groups in total. The number of unbranched alkanes of at least 4 members (excludes halogenated alkanes) is 1. The van der Waals surface area contributed by atoms with Crippen LogP contribution in [0.2, 0.25) is 0 Å². The molecule has 0 aliphatic heterocycles. The second kappa shape index (κ2) is 7.07. The summed E-state index contributed by atoms with van der Waals surface area (Å²) in [6.07, 6.45) is 2.24. The molecule has 0 heterocycles. The number of hydrogen-bond acceptors (Lipinski definition) is 2. The molecule has 0 saturated heterocycles. The van der Waals surface area contributed by atoms with E-state index < -0.39 is 11.9 Å². The van der Waals surface area contributed by atoms with Crippen molar-refractivity contribution in [1.82, 2.24) is 4.90 Å². The van der Waals surface area contributed by atoms with Gasteiger partial charge >= 0.3 is 5.97 Å². The molecular formula is C14H21NO2. The molecular weight excluding hydrogens is 214 g/mol. The third-order valence-electron chi connectivity index (χ3n) is 2.89. The third-order valence-corrected chi connectivity index (χ3v) is 2.89. The van der Waals surface area contributed by atoms with Gasteiger partial charge in [0.1, 0.15) is 0 Å². The summed E-state index contributed by atoms with van der Waals surface area (Å²) in [6.45, 7) is 3.66. The van der Waals surface area contributed by atoms with Crippen molar-refractivity contribution in [2.24, 2.45) is 0 Å². The van der Waals surface area contributed by atoms with E-state index in [1.807, 2.05) is 37.4 Å². The average Bonchev–Trinajstić information content (AvgIpc) is 2.34. The first kappa shape index (κ1) is 13.7. The van der Waals surface area contributed by atoms with E-state index >= 15 is 0 Å². The van der Waals surface area contributed by atoms with Gasteiger partial charge in [-0.3, -0.25) is 4.79 Å². The minimum absolute atomic E-state index is 0.432. The van der Waals surface area contributed by atoms with E-state index in [-0.39, 0.29) is 0 Å². The molecule has 1 rings (SSSR count). The van der Waals surface area contributed by atoms with Gasteiger partial charge in [-0.2, -0.15) is 0 Å². The Labute approximate surface area is 103 Å². The number of likely N-dealkylation sites (N-methyl/N-ethyl adjacent to an activating group) is 1. The number of benzene rings is 1. The number of aliphatic carboxylic acids is 1. The lowest BCUT2D eigenvalue weighted by atomic mass is 9.99. The van der Waals surface area contributed by atoms with Crippen LogP contribution < -0.4 is 0 Å². The summed E-state index contributed by atoms with van der Waals surface area (Å²) in [5, 5.41) is 9.27. The number of carboxylic acid groups (broad SMARTS) is 1. The van der Waals surface area contributed by atoms with Crippen LogP contribution >= 0.6 is 0 Å². The maximum Gasteiger partial charge on any atom is 0.312 e. The molecule has 1 aromatic carbocycles. The normalized spacial score (nSPS) is 12.6. The molecule has 0 saturated carbocycles. The van der Waals surface area contributed by atoms with E-state index in [4.69, 9.17) is 0 Å². The molecule has 0 bridgehead atoms. The van der Waals surface area contributed by atoms with Gasteiger partial charge in [-0.15, -0.1) is 0 Å². The third kappa shape index (κ3) is 4.57. The summed E-state index contributed by atoms with van der Waals surface area (Å²) in [6, 6.07) is 9.44. The van der Waals surface area contributed by atoms with Crippen molar-refractivity contribution in [3.63, 3.8) is 0 Å². The van der Waals surface area contributed by atoms with E-state index in [2.05, 4.69) is 11.8 Å². The Balaban J connectivity index is 2.65. The van der Waals surface area contributed by atoms with Crippen LogP contribution in [0, 0.1) is 0 Å². The minimum Gasteiger partial charge on any atom is -0.481 e. The molecule has 0 aliphatic carbocycles. The molecule has 1 aromatic rings. The second-order valence-electron chi connectivity index (χ2n) is 4.42. The maximum atomic E-state index is 11.3. The minimum atomic E-state index is -0.750. The molecule has 94 valence electrons. The van der Waals surface area contributed by atoms with Gasteiger partial charge in [0.25, 0.3) is 0 Å². The van der Waals surface area contributed by atoms with Gasteiger partial charge < -0.3 is 10.0 Å². The van der Waals surface area contributed by atoms with E-state index in [0.717, 1.165) is 24.9 Å². The lowest BCUT2D eigenvalue weighted by Crippen LogP contribution is -2.29. The molecule has 0 fully saturated rings. The standard InChI is InChI=1S/C14H21NO2/c1-3-4-10-15(2)11-13(14(16)17)12-8-6-5-7-9-12/h5-9,13H,3-4,10-11H2,1-2H3,(H,16,17). The van der Waals surface area contributed by atoms with Gasteiger partial charge in [0.2, 0.25) is 0 Å². The summed E-state index contributed by atoms with van der Waals surface area (Å²) < 4.78 is 0. The highest BCUT2D eigenvalue weighted by Gasteiger charge is 2.20. The van der Waals surface area contributed by atoms with Crippen LogP contribution in [0.25, 0.3) is 0 Å². The molecule has 3 nitrogen and oxygen atoms in total. The first-order valence-electron chi connectivity index (χ1n) is 6.11. The lowest BCUT2D eigenvalue weighted by Gasteiger charge is -2.21. The summed E-state index contributed by atoms with van der Waals surface area (Å²) in [5.41, 5.74) is 0.878. The molecule has 0 amide bonds. The highest BCUT2D eigenvalue weighted by atomic mass is 16.4. The number of rotatable bonds is 7. The van der Waals surface area contributed by atoms with Crippen molar-refractivity contribution in [2.45, 2.75) is 25.7 Å². The SMILES string of the molecule is CCCCN(C)CC(C(=O)O)c1ccccc1. The van der Waals surface area contributed by atoms with Crippen LogP contribution in [0.3, 0.4) is 0 Å². The van der Waals surface area contributed by atoms with Crippen molar-refractivity contribution in [3.05, 3.63) is 35.9 Å². The van der Waals surface area contributed by atoms with Crippen LogP contribution in [0.4, 0.5) is 0 Å². The van der Waals surface area contributed by atoms with Crippen molar-refractivity contribution in [3.8, 4) is 0 Å². The zero-order valence-electron chi connectivity index (χ0n) is 10.6. The van der Waals surface area contributed by atoms with Crippen molar-refractivity contribution >= 4 is 5.97 Å². The van der Waals surface area contributed by atoms with Gasteiger partial charge in [0, 0.05) is 6.54 Å². The quantitative estimate of drug-likeness (QED) is 0.789. The summed E-state index contributed by atoms with van der Waals surface area (Å²) in [5.74, 6) is -1.18. The van der Waals surface area contributed by atoms with Crippen molar-refractivity contribution in [2.75, 3.05) is 20.1 Å². The Bertz CT molecular complexity index is 337. The molecule has 0 spiro atoms. The highest BCUT2D eigenvalue weighted by Crippen LogP contribution is 2.17. The van der Waals surface area contributed by atoms with Crippen LogP contribution in [0.15, 0.2) is 30.3 Å². The molecule has 17 heavy (non-hydrogen) atoms. The monoisotopic (exact) mass is 235 g/mol. The average molecular weight is 235 g/mol. The fourth-order valence-corrected chi connectivity index (χ4v) is 1.84. The first-order valence-corrected chi connectivity index (χ1v) is 6.11. The lowest BCUT2D eigenvalue weighted by molar-refractivity contribution is -0.139. The Hall–Kier alpha value is -1.35. The number of hydrogen-bond donors (Lipinski definition) is 1. The van der Waals surface area contributed by atoms with Crippen LogP contribution in [-0.2, 0) is 4.79 Å². The van der Waals surface area contributed by atoms with Crippen LogP contribution in [0.5, 0.6) is 0 Å². The predicted molar refractivity (Wildman–Crippen MR) is 69.2 cm³/mol. The first-order chi connectivity index (χ1) is 8.15. The number of nitrogens with zero attached hydrogens (tertiary/aromatic N) is 1. The Morgan fingerprint density at radius 3 is 2.53 bits per heavy atom. The van der Waals surface area contributed by atoms with Gasteiger partial charge in [-0.05, 0) is 25.6 Å². The fraction of sp³-hybridized carbons (Fsp3) is 0.500. The van der Waals surface area contributed by atoms with Gasteiger partial charge in [0.05, 0.1) is 5.92 Å². The van der Waals surface area contributed by atoms with E-state index in [9.17, 15) is 9.90 Å². The molecule has 0 aromatic heterocycles. The number of carbonyl (C=O) groups is 1. The number of carboxylic acids is 1. The van der Waals surface area contributed by atoms with Gasteiger partial charge in [0.15, 0.2) is 0 Å². The summed E-state index contributed by atoms with van der Waals surface area (Å²) in [7, 11) is 1.98. The van der Waals surface area contributed by atoms with Crippen LogP contribution in [-0.4, -0.2) is 36.1 Å². The Morgan fingerprint density at radius 1 is 1.35 bits per heavy atom. The Kier molecular flexibility index (Phi) is 5.70. The maximum absolute atomic E-state index is 11.3. The largest absolute Gasteiger partial charge is 0.481 e. The van der Waals surface area contributed by atoms with Gasteiger partial charge in [-0.25, -0.2) is 0 Å². The Morgan fingerprint density at radius 2 is 2.00 bits per heavy atom. The topological polar surface area (TPSA) is 40.5 Å². The van der Waals surface area contributed by atoms with E-state index in [0.29, 0.717) is 6.54 Å². The van der Waals surface area contributed by atoms with E-state index in [1.165, 1.54) is 0 Å². The molecule has 0 aliphatic rings. The molecule has 3 heteroatoms. The second-order valence-corrected chi connectivity index (χ2v) is 4.42. The smallest absolute Gasteiger partial charge is 0.312 e. The van der Waals surface area contributed by atoms with Gasteiger partial charge in [-0.1, -0.05) is 43.7 Å².